The lowest BCUT2D eigenvalue weighted by Crippen LogP contribution is -1.97. The number of hydrogen-bond acceptors (Lipinski definition) is 4. The van der Waals surface area contributed by atoms with E-state index in [4.69, 9.17) is 21.1 Å². The molecule has 5 heteroatoms. The second-order valence-electron chi connectivity index (χ2n) is 3.84. The Morgan fingerprint density at radius 2 is 2.05 bits per heavy atom. The smallest absolute Gasteiger partial charge is 0.150 e. The van der Waals surface area contributed by atoms with Crippen LogP contribution in [0.2, 0.25) is 5.15 Å². The highest BCUT2D eigenvalue weighted by atomic mass is 35.5. The van der Waals surface area contributed by atoms with Crippen LogP contribution >= 0.6 is 11.6 Å². The number of nitrogens with zero attached hydrogens (tertiary/aromatic N) is 1. The summed E-state index contributed by atoms with van der Waals surface area (Å²) in [5.41, 5.74) is 1.39. The van der Waals surface area contributed by atoms with Crippen molar-refractivity contribution in [3.8, 4) is 11.5 Å². The van der Waals surface area contributed by atoms with Gasteiger partial charge in [0.05, 0.1) is 7.11 Å². The van der Waals surface area contributed by atoms with Crippen LogP contribution in [0.1, 0.15) is 15.9 Å². The van der Waals surface area contributed by atoms with Crippen molar-refractivity contribution < 1.29 is 14.3 Å². The van der Waals surface area contributed by atoms with Crippen LogP contribution in [0.5, 0.6) is 11.5 Å². The molecule has 0 unspecified atom stereocenters. The zero-order chi connectivity index (χ0) is 13.7. The van der Waals surface area contributed by atoms with Gasteiger partial charge in [-0.1, -0.05) is 17.7 Å². The lowest BCUT2D eigenvalue weighted by atomic mass is 10.2. The summed E-state index contributed by atoms with van der Waals surface area (Å²) < 4.78 is 10.7. The number of ether oxygens (including phenoxy) is 2. The molecule has 0 saturated carbocycles. The van der Waals surface area contributed by atoms with Gasteiger partial charge in [0.15, 0.2) is 0 Å². The summed E-state index contributed by atoms with van der Waals surface area (Å²) in [5.74, 6) is 1.14. The van der Waals surface area contributed by atoms with E-state index in [9.17, 15) is 4.79 Å². The van der Waals surface area contributed by atoms with E-state index in [2.05, 4.69) is 4.98 Å². The topological polar surface area (TPSA) is 48.4 Å². The van der Waals surface area contributed by atoms with Gasteiger partial charge in [-0.25, -0.2) is 4.98 Å². The molecular formula is C14H12ClNO3. The number of methoxy groups -OCH3 is 1. The molecule has 4 nitrogen and oxygen atoms in total. The van der Waals surface area contributed by atoms with Crippen LogP contribution in [0, 0.1) is 0 Å². The first kappa shape index (κ1) is 13.4. The quantitative estimate of drug-likeness (QED) is 0.622. The molecule has 0 aliphatic rings. The van der Waals surface area contributed by atoms with E-state index >= 15 is 0 Å². The van der Waals surface area contributed by atoms with Crippen LogP contribution in [0.15, 0.2) is 36.5 Å². The van der Waals surface area contributed by atoms with Crippen LogP contribution in [0.25, 0.3) is 0 Å². The van der Waals surface area contributed by atoms with Crippen molar-refractivity contribution in [2.24, 2.45) is 0 Å². The zero-order valence-corrected chi connectivity index (χ0v) is 11.1. The predicted octanol–water partition coefficient (Wildman–Crippen LogP) is 3.14. The first-order valence-corrected chi connectivity index (χ1v) is 5.96. The Morgan fingerprint density at radius 3 is 2.68 bits per heavy atom. The number of aromatic nitrogens is 1. The fourth-order valence-corrected chi connectivity index (χ4v) is 1.63. The third kappa shape index (κ3) is 3.69. The van der Waals surface area contributed by atoms with Crippen LogP contribution in [0.4, 0.5) is 0 Å². The van der Waals surface area contributed by atoms with Crippen LogP contribution in [-0.2, 0) is 6.61 Å². The fourth-order valence-electron chi connectivity index (χ4n) is 1.52. The lowest BCUT2D eigenvalue weighted by Gasteiger charge is -2.08. The minimum atomic E-state index is 0.343. The van der Waals surface area contributed by atoms with Crippen molar-refractivity contribution in [1.82, 2.24) is 4.98 Å². The Labute approximate surface area is 115 Å². The largest absolute Gasteiger partial charge is 0.497 e. The normalized spacial score (nSPS) is 10.0. The predicted molar refractivity (Wildman–Crippen MR) is 72.0 cm³/mol. The van der Waals surface area contributed by atoms with Crippen molar-refractivity contribution in [3.63, 3.8) is 0 Å². The number of aldehydes is 1. The third-order valence-corrected chi connectivity index (χ3v) is 2.69. The van der Waals surface area contributed by atoms with Gasteiger partial charge in [-0.2, -0.15) is 0 Å². The summed E-state index contributed by atoms with van der Waals surface area (Å²) in [5, 5.41) is 0.438. The van der Waals surface area contributed by atoms with Gasteiger partial charge in [0.1, 0.15) is 29.5 Å². The molecule has 19 heavy (non-hydrogen) atoms. The highest BCUT2D eigenvalue weighted by molar-refractivity contribution is 6.29. The molecule has 0 amide bonds. The van der Waals surface area contributed by atoms with E-state index in [1.807, 2.05) is 6.07 Å². The van der Waals surface area contributed by atoms with Crippen LogP contribution in [-0.4, -0.2) is 18.4 Å². The average molecular weight is 278 g/mol. The van der Waals surface area contributed by atoms with Gasteiger partial charge in [0, 0.05) is 23.4 Å². The molecule has 0 aliphatic heterocycles. The Morgan fingerprint density at radius 1 is 1.26 bits per heavy atom. The van der Waals surface area contributed by atoms with E-state index in [0.717, 1.165) is 11.8 Å². The van der Waals surface area contributed by atoms with Gasteiger partial charge in [0.25, 0.3) is 0 Å². The molecule has 0 N–H and O–H groups in total. The molecule has 98 valence electrons. The maximum atomic E-state index is 10.8. The van der Waals surface area contributed by atoms with Gasteiger partial charge in [-0.3, -0.25) is 4.79 Å². The maximum absolute atomic E-state index is 10.8. The molecule has 0 aliphatic carbocycles. The molecule has 1 aromatic carbocycles. The molecule has 0 atom stereocenters. The molecule has 0 fully saturated rings. The van der Waals surface area contributed by atoms with Gasteiger partial charge < -0.3 is 9.47 Å². The number of hydrogen-bond donors (Lipinski definition) is 0. The number of carbonyl (C=O) groups excluding carboxylic acids is 1. The van der Waals surface area contributed by atoms with E-state index in [0.29, 0.717) is 28.8 Å². The maximum Gasteiger partial charge on any atom is 0.150 e. The second kappa shape index (κ2) is 6.20. The van der Waals surface area contributed by atoms with Gasteiger partial charge >= 0.3 is 0 Å². The van der Waals surface area contributed by atoms with Crippen molar-refractivity contribution in [3.05, 3.63) is 52.8 Å². The molecule has 0 spiro atoms. The van der Waals surface area contributed by atoms with E-state index in [1.165, 1.54) is 7.11 Å². The second-order valence-corrected chi connectivity index (χ2v) is 4.22. The SMILES string of the molecule is COc1cc(C=O)cc(OCc2ccc(Cl)nc2)c1. The zero-order valence-electron chi connectivity index (χ0n) is 10.3. The van der Waals surface area contributed by atoms with Gasteiger partial charge in [-0.05, 0) is 18.2 Å². The third-order valence-electron chi connectivity index (χ3n) is 2.47. The summed E-state index contributed by atoms with van der Waals surface area (Å²) in [7, 11) is 1.54. The van der Waals surface area contributed by atoms with E-state index in [-0.39, 0.29) is 0 Å². The van der Waals surface area contributed by atoms with E-state index in [1.54, 1.807) is 30.5 Å². The lowest BCUT2D eigenvalue weighted by molar-refractivity contribution is 0.112. The van der Waals surface area contributed by atoms with Crippen molar-refractivity contribution >= 4 is 17.9 Å². The summed E-state index contributed by atoms with van der Waals surface area (Å²) in [6.07, 6.45) is 2.39. The monoisotopic (exact) mass is 277 g/mol. The molecular weight excluding hydrogens is 266 g/mol. The van der Waals surface area contributed by atoms with Crippen molar-refractivity contribution in [2.75, 3.05) is 7.11 Å². The molecule has 1 heterocycles. The highest BCUT2D eigenvalue weighted by Crippen LogP contribution is 2.22. The Hall–Kier alpha value is -2.07. The number of benzene rings is 1. The Bertz CT molecular complexity index is 569. The van der Waals surface area contributed by atoms with Crippen molar-refractivity contribution in [1.29, 1.82) is 0 Å². The molecule has 0 saturated heterocycles. The summed E-state index contributed by atoms with van der Waals surface area (Å²) in [6, 6.07) is 8.54. The molecule has 0 radical (unpaired) electrons. The van der Waals surface area contributed by atoms with E-state index < -0.39 is 0 Å². The number of pyridine rings is 1. The number of halogens is 1. The minimum Gasteiger partial charge on any atom is -0.497 e. The average Bonchev–Trinajstić information content (AvgIpc) is 2.46. The summed E-state index contributed by atoms with van der Waals surface area (Å²) in [6.45, 7) is 0.343. The Kier molecular flexibility index (Phi) is 4.36. The van der Waals surface area contributed by atoms with Gasteiger partial charge in [0.2, 0.25) is 0 Å². The fraction of sp³-hybridized carbons (Fsp3) is 0.143. The first-order valence-electron chi connectivity index (χ1n) is 5.59. The molecule has 2 rings (SSSR count). The number of rotatable bonds is 5. The molecule has 2 aromatic rings. The molecule has 1 aromatic heterocycles. The Balaban J connectivity index is 2.10. The van der Waals surface area contributed by atoms with Crippen molar-refractivity contribution in [2.45, 2.75) is 6.61 Å². The molecule has 0 bridgehead atoms. The summed E-state index contributed by atoms with van der Waals surface area (Å²) in [4.78, 5) is 14.8. The highest BCUT2D eigenvalue weighted by Gasteiger charge is 2.03. The standard InChI is InChI=1S/C14H12ClNO3/c1-18-12-4-11(8-17)5-13(6-12)19-9-10-2-3-14(15)16-7-10/h2-8H,9H2,1H3. The van der Waals surface area contributed by atoms with Crippen LogP contribution in [0.3, 0.4) is 0 Å². The van der Waals surface area contributed by atoms with Gasteiger partial charge in [-0.15, -0.1) is 0 Å². The minimum absolute atomic E-state index is 0.343. The van der Waals surface area contributed by atoms with Crippen LogP contribution < -0.4 is 9.47 Å². The summed E-state index contributed by atoms with van der Waals surface area (Å²) >= 11 is 5.70. The first-order chi connectivity index (χ1) is 9.21. The number of carbonyl (C=O) groups is 1.